The molecule has 0 aliphatic heterocycles. The molecule has 1 aromatic carbocycles. The highest BCUT2D eigenvalue weighted by molar-refractivity contribution is 5.30. The normalized spacial score (nSPS) is 12.9. The third-order valence-corrected chi connectivity index (χ3v) is 2.94. The fraction of sp³-hybridized carbons (Fsp3) is 0.538. The van der Waals surface area contributed by atoms with Gasteiger partial charge in [-0.2, -0.15) is 0 Å². The van der Waals surface area contributed by atoms with Gasteiger partial charge in [-0.1, -0.05) is 24.3 Å². The summed E-state index contributed by atoms with van der Waals surface area (Å²) in [5, 5.41) is 13.1. The molecule has 0 aliphatic rings. The van der Waals surface area contributed by atoms with Crippen molar-refractivity contribution in [2.24, 2.45) is 0 Å². The van der Waals surface area contributed by atoms with Gasteiger partial charge in [0.25, 0.3) is 0 Å². The number of hydrogen-bond donors (Lipinski definition) is 2. The molecule has 0 amide bonds. The fourth-order valence-electron chi connectivity index (χ4n) is 1.44. The topological polar surface area (TPSA) is 32.3 Å². The molecule has 0 atom stereocenters. The predicted octanol–water partition coefficient (Wildman–Crippen LogP) is 2.37. The SMILES string of the molecule is CNC(C)(C)c1ccc(C(C)(C)O)cc1. The van der Waals surface area contributed by atoms with Crippen molar-refractivity contribution in [2.75, 3.05) is 7.05 Å². The van der Waals surface area contributed by atoms with Gasteiger partial charge in [0.15, 0.2) is 0 Å². The number of nitrogens with one attached hydrogen (secondary N) is 1. The molecule has 0 saturated carbocycles. The smallest absolute Gasteiger partial charge is 0.0840 e. The number of rotatable bonds is 3. The van der Waals surface area contributed by atoms with E-state index in [1.807, 2.05) is 19.2 Å². The first-order valence-corrected chi connectivity index (χ1v) is 5.29. The lowest BCUT2D eigenvalue weighted by molar-refractivity contribution is 0.0785. The standard InChI is InChI=1S/C13H21NO/c1-12(2,14-5)10-6-8-11(9-7-10)13(3,4)15/h6-9,14-15H,1-5H3. The molecule has 0 fully saturated rings. The molecule has 0 spiro atoms. The van der Waals surface area contributed by atoms with Crippen LogP contribution >= 0.6 is 0 Å². The Morgan fingerprint density at radius 1 is 0.933 bits per heavy atom. The van der Waals surface area contributed by atoms with Gasteiger partial charge in [0, 0.05) is 5.54 Å². The van der Waals surface area contributed by atoms with Gasteiger partial charge >= 0.3 is 0 Å². The Morgan fingerprint density at radius 2 is 1.33 bits per heavy atom. The Kier molecular flexibility index (Phi) is 3.22. The minimum absolute atomic E-state index is 0.0296. The zero-order valence-corrected chi connectivity index (χ0v) is 10.3. The monoisotopic (exact) mass is 207 g/mol. The lowest BCUT2D eigenvalue weighted by atomic mass is 9.90. The van der Waals surface area contributed by atoms with Gasteiger partial charge in [0.05, 0.1) is 5.60 Å². The third kappa shape index (κ3) is 2.80. The summed E-state index contributed by atoms with van der Waals surface area (Å²) in [5.41, 5.74) is 1.37. The van der Waals surface area contributed by atoms with E-state index in [0.29, 0.717) is 0 Å². The van der Waals surface area contributed by atoms with Gasteiger partial charge in [-0.3, -0.25) is 0 Å². The first-order chi connectivity index (χ1) is 6.77. The van der Waals surface area contributed by atoms with E-state index < -0.39 is 5.60 Å². The number of benzene rings is 1. The summed E-state index contributed by atoms with van der Waals surface area (Å²) in [7, 11) is 1.95. The van der Waals surface area contributed by atoms with Crippen LogP contribution in [0.5, 0.6) is 0 Å². The van der Waals surface area contributed by atoms with Crippen LogP contribution in [0.2, 0.25) is 0 Å². The summed E-state index contributed by atoms with van der Waals surface area (Å²) < 4.78 is 0. The zero-order chi connectivity index (χ0) is 11.7. The molecule has 1 rings (SSSR count). The number of hydrogen-bond acceptors (Lipinski definition) is 2. The highest BCUT2D eigenvalue weighted by atomic mass is 16.3. The molecule has 0 bridgehead atoms. The van der Waals surface area contributed by atoms with E-state index in [2.05, 4.69) is 31.3 Å². The second kappa shape index (κ2) is 3.95. The van der Waals surface area contributed by atoms with E-state index in [1.54, 1.807) is 13.8 Å². The largest absolute Gasteiger partial charge is 0.386 e. The summed E-state index contributed by atoms with van der Waals surface area (Å²) in [6, 6.07) is 8.08. The second-order valence-corrected chi connectivity index (χ2v) is 5.01. The molecule has 0 aromatic heterocycles. The zero-order valence-electron chi connectivity index (χ0n) is 10.3. The minimum atomic E-state index is -0.762. The van der Waals surface area contributed by atoms with Crippen LogP contribution in [0.4, 0.5) is 0 Å². The molecule has 15 heavy (non-hydrogen) atoms. The first kappa shape index (κ1) is 12.2. The van der Waals surface area contributed by atoms with Crippen LogP contribution in [0.3, 0.4) is 0 Å². The molecule has 2 N–H and O–H groups in total. The molecular formula is C13H21NO. The first-order valence-electron chi connectivity index (χ1n) is 5.29. The quantitative estimate of drug-likeness (QED) is 0.797. The lowest BCUT2D eigenvalue weighted by Gasteiger charge is -2.26. The molecule has 2 nitrogen and oxygen atoms in total. The van der Waals surface area contributed by atoms with E-state index in [-0.39, 0.29) is 5.54 Å². The van der Waals surface area contributed by atoms with E-state index in [0.717, 1.165) is 5.56 Å². The predicted molar refractivity (Wildman–Crippen MR) is 63.8 cm³/mol. The number of aliphatic hydroxyl groups is 1. The molecule has 0 aliphatic carbocycles. The maximum atomic E-state index is 9.82. The maximum absolute atomic E-state index is 9.82. The van der Waals surface area contributed by atoms with Gasteiger partial charge < -0.3 is 10.4 Å². The summed E-state index contributed by atoms with van der Waals surface area (Å²) in [6.45, 7) is 7.86. The Bertz CT molecular complexity index is 319. The van der Waals surface area contributed by atoms with Crippen LogP contribution < -0.4 is 5.32 Å². The Labute approximate surface area is 92.3 Å². The van der Waals surface area contributed by atoms with Crippen LogP contribution in [0.1, 0.15) is 38.8 Å². The van der Waals surface area contributed by atoms with Gasteiger partial charge in [0.1, 0.15) is 0 Å². The van der Waals surface area contributed by atoms with Crippen LogP contribution in [0, 0.1) is 0 Å². The van der Waals surface area contributed by atoms with Crippen molar-refractivity contribution in [3.05, 3.63) is 35.4 Å². The fourth-order valence-corrected chi connectivity index (χ4v) is 1.44. The Morgan fingerprint density at radius 3 is 1.67 bits per heavy atom. The van der Waals surface area contributed by atoms with E-state index in [1.165, 1.54) is 5.56 Å². The maximum Gasteiger partial charge on any atom is 0.0840 e. The molecular weight excluding hydrogens is 186 g/mol. The van der Waals surface area contributed by atoms with E-state index in [9.17, 15) is 5.11 Å². The van der Waals surface area contributed by atoms with Crippen LogP contribution in [0.15, 0.2) is 24.3 Å². The van der Waals surface area contributed by atoms with Crippen molar-refractivity contribution in [2.45, 2.75) is 38.8 Å². The van der Waals surface area contributed by atoms with Crippen molar-refractivity contribution in [1.29, 1.82) is 0 Å². The summed E-state index contributed by atoms with van der Waals surface area (Å²) in [6.07, 6.45) is 0. The lowest BCUT2D eigenvalue weighted by Crippen LogP contribution is -2.33. The molecule has 0 saturated heterocycles. The molecule has 0 radical (unpaired) electrons. The average molecular weight is 207 g/mol. The summed E-state index contributed by atoms with van der Waals surface area (Å²) in [5.74, 6) is 0. The molecule has 1 aromatic rings. The minimum Gasteiger partial charge on any atom is -0.386 e. The van der Waals surface area contributed by atoms with Gasteiger partial charge in [-0.25, -0.2) is 0 Å². The van der Waals surface area contributed by atoms with Crippen molar-refractivity contribution in [1.82, 2.24) is 5.32 Å². The van der Waals surface area contributed by atoms with E-state index in [4.69, 9.17) is 0 Å². The Balaban J connectivity index is 3.01. The summed E-state index contributed by atoms with van der Waals surface area (Å²) >= 11 is 0. The van der Waals surface area contributed by atoms with Crippen molar-refractivity contribution >= 4 is 0 Å². The van der Waals surface area contributed by atoms with Crippen LogP contribution in [-0.4, -0.2) is 12.2 Å². The molecule has 0 unspecified atom stereocenters. The molecule has 84 valence electrons. The van der Waals surface area contributed by atoms with Gasteiger partial charge in [0.2, 0.25) is 0 Å². The average Bonchev–Trinajstić information content (AvgIpc) is 2.17. The Hall–Kier alpha value is -0.860. The molecule has 2 heteroatoms. The van der Waals surface area contributed by atoms with Crippen molar-refractivity contribution < 1.29 is 5.11 Å². The summed E-state index contributed by atoms with van der Waals surface area (Å²) in [4.78, 5) is 0. The van der Waals surface area contributed by atoms with Gasteiger partial charge in [-0.05, 0) is 45.9 Å². The highest BCUT2D eigenvalue weighted by Gasteiger charge is 2.20. The van der Waals surface area contributed by atoms with Gasteiger partial charge in [-0.15, -0.1) is 0 Å². The second-order valence-electron chi connectivity index (χ2n) is 5.01. The van der Waals surface area contributed by atoms with Crippen molar-refractivity contribution in [3.63, 3.8) is 0 Å². The van der Waals surface area contributed by atoms with Crippen LogP contribution in [0.25, 0.3) is 0 Å². The third-order valence-electron chi connectivity index (χ3n) is 2.94. The highest BCUT2D eigenvalue weighted by Crippen LogP contribution is 2.24. The molecule has 0 heterocycles. The van der Waals surface area contributed by atoms with E-state index >= 15 is 0 Å². The van der Waals surface area contributed by atoms with Crippen molar-refractivity contribution in [3.8, 4) is 0 Å². The van der Waals surface area contributed by atoms with Crippen LogP contribution in [-0.2, 0) is 11.1 Å².